The lowest BCUT2D eigenvalue weighted by atomic mass is 9.87. The Labute approximate surface area is 285 Å². The lowest BCUT2D eigenvalue weighted by Crippen LogP contribution is -2.12. The van der Waals surface area contributed by atoms with E-state index in [1.807, 2.05) is 23.0 Å². The second kappa shape index (κ2) is 12.0. The van der Waals surface area contributed by atoms with Gasteiger partial charge in [-0.05, 0) is 71.2 Å². The quantitative estimate of drug-likeness (QED) is 0.183. The van der Waals surface area contributed by atoms with Crippen molar-refractivity contribution in [2.45, 2.75) is 6.42 Å². The molecule has 4 nitrogen and oxygen atoms in total. The Morgan fingerprint density at radius 2 is 1.16 bits per heavy atom. The maximum Gasteiger partial charge on any atom is 0.0733 e. The topological polar surface area (TPSA) is 48.2 Å². The summed E-state index contributed by atoms with van der Waals surface area (Å²) in [5.41, 5.74) is 18.1. The normalized spacial score (nSPS) is 15.2. The van der Waals surface area contributed by atoms with Crippen LogP contribution in [0.2, 0.25) is 0 Å². The summed E-state index contributed by atoms with van der Waals surface area (Å²) >= 11 is 0. The molecule has 8 aromatic rings. The molecule has 0 amide bonds. The van der Waals surface area contributed by atoms with Crippen LogP contribution in [-0.2, 0) is 0 Å². The van der Waals surface area contributed by atoms with E-state index in [0.29, 0.717) is 0 Å². The zero-order valence-electron chi connectivity index (χ0n) is 26.9. The van der Waals surface area contributed by atoms with Gasteiger partial charge in [0.15, 0.2) is 0 Å². The number of hydrogen-bond acceptors (Lipinski definition) is 2. The van der Waals surface area contributed by atoms with Crippen LogP contribution in [0.25, 0.3) is 66.0 Å². The Kier molecular flexibility index (Phi) is 7.06. The van der Waals surface area contributed by atoms with Crippen molar-refractivity contribution in [2.24, 2.45) is 16.8 Å². The van der Waals surface area contributed by atoms with Crippen LogP contribution in [0.5, 0.6) is 0 Å². The Morgan fingerprint density at radius 1 is 0.592 bits per heavy atom. The number of rotatable bonds is 6. The predicted molar refractivity (Wildman–Crippen MR) is 207 cm³/mol. The number of nitrogens with two attached hydrogens (primary N) is 1. The van der Waals surface area contributed by atoms with Crippen molar-refractivity contribution in [3.63, 3.8) is 0 Å². The molecule has 6 aromatic carbocycles. The van der Waals surface area contributed by atoms with Crippen LogP contribution in [0, 0.1) is 5.92 Å². The van der Waals surface area contributed by atoms with Gasteiger partial charge in [-0.15, -0.1) is 0 Å². The van der Waals surface area contributed by atoms with Gasteiger partial charge in [0.2, 0.25) is 0 Å². The molecule has 234 valence electrons. The van der Waals surface area contributed by atoms with Gasteiger partial charge >= 0.3 is 0 Å². The monoisotopic (exact) mass is 630 g/mol. The first-order valence-electron chi connectivity index (χ1n) is 16.8. The van der Waals surface area contributed by atoms with E-state index in [0.717, 1.165) is 39.6 Å². The summed E-state index contributed by atoms with van der Waals surface area (Å²) in [6, 6.07) is 51.7. The Balaban J connectivity index is 1.01. The predicted octanol–water partition coefficient (Wildman–Crippen LogP) is 10.9. The maximum absolute atomic E-state index is 6.70. The molecule has 2 aromatic heterocycles. The molecule has 0 bridgehead atoms. The highest BCUT2D eigenvalue weighted by molar-refractivity contribution is 6.11. The van der Waals surface area contributed by atoms with Gasteiger partial charge in [0.25, 0.3) is 0 Å². The van der Waals surface area contributed by atoms with Crippen LogP contribution in [0.3, 0.4) is 0 Å². The van der Waals surface area contributed by atoms with E-state index in [1.54, 1.807) is 0 Å². The van der Waals surface area contributed by atoms with Gasteiger partial charge in [-0.2, -0.15) is 5.10 Å². The molecular formula is C45H34N4. The highest BCUT2D eigenvalue weighted by Crippen LogP contribution is 2.36. The highest BCUT2D eigenvalue weighted by atomic mass is 15.3. The third kappa shape index (κ3) is 5.06. The summed E-state index contributed by atoms with van der Waals surface area (Å²) in [5, 5.41) is 9.79. The molecule has 9 rings (SSSR count). The zero-order chi connectivity index (χ0) is 32.7. The Bertz CT molecular complexity index is 2580. The van der Waals surface area contributed by atoms with Gasteiger partial charge in [-0.25, -0.2) is 4.68 Å². The molecule has 0 saturated heterocycles. The number of para-hydroxylation sites is 3. The minimum atomic E-state index is 0.104. The van der Waals surface area contributed by atoms with Crippen LogP contribution in [0.15, 0.2) is 181 Å². The fourth-order valence-corrected chi connectivity index (χ4v) is 7.34. The summed E-state index contributed by atoms with van der Waals surface area (Å²) in [4.78, 5) is 0. The van der Waals surface area contributed by atoms with Crippen LogP contribution >= 0.6 is 0 Å². The summed E-state index contributed by atoms with van der Waals surface area (Å²) < 4.78 is 4.39. The largest absolute Gasteiger partial charge is 0.401 e. The lowest BCUT2D eigenvalue weighted by Gasteiger charge is -2.19. The number of fused-ring (bicyclic) bond motifs is 6. The second-order valence-electron chi connectivity index (χ2n) is 12.7. The van der Waals surface area contributed by atoms with Crippen molar-refractivity contribution in [1.82, 2.24) is 9.24 Å². The minimum absolute atomic E-state index is 0.104. The number of aromatic nitrogens is 2. The molecule has 0 fully saturated rings. The molecule has 1 aliphatic rings. The van der Waals surface area contributed by atoms with Crippen LogP contribution < -0.4 is 5.73 Å². The van der Waals surface area contributed by atoms with E-state index >= 15 is 0 Å². The van der Waals surface area contributed by atoms with E-state index in [2.05, 4.69) is 162 Å². The van der Waals surface area contributed by atoms with Gasteiger partial charge < -0.3 is 10.3 Å². The molecule has 1 aliphatic carbocycles. The van der Waals surface area contributed by atoms with Crippen LogP contribution in [-0.4, -0.2) is 15.5 Å². The fourth-order valence-electron chi connectivity index (χ4n) is 7.34. The molecule has 0 saturated carbocycles. The molecule has 2 heterocycles. The number of nitrogens with zero attached hydrogens (tertiary/aromatic N) is 3. The van der Waals surface area contributed by atoms with Gasteiger partial charge in [0.1, 0.15) is 0 Å². The first-order valence-corrected chi connectivity index (χ1v) is 16.8. The van der Waals surface area contributed by atoms with Crippen LogP contribution in [0.1, 0.15) is 12.0 Å². The van der Waals surface area contributed by atoms with Crippen molar-refractivity contribution in [3.05, 3.63) is 181 Å². The molecule has 4 heteroatoms. The van der Waals surface area contributed by atoms with E-state index in [4.69, 9.17) is 10.8 Å². The summed E-state index contributed by atoms with van der Waals surface area (Å²) in [7, 11) is 0. The molecule has 49 heavy (non-hydrogen) atoms. The van der Waals surface area contributed by atoms with Crippen molar-refractivity contribution >= 4 is 55.4 Å². The third-order valence-electron chi connectivity index (χ3n) is 9.79. The van der Waals surface area contributed by atoms with Gasteiger partial charge in [0.05, 0.1) is 22.1 Å². The van der Waals surface area contributed by atoms with Gasteiger partial charge in [-0.3, -0.25) is 0 Å². The van der Waals surface area contributed by atoms with Crippen molar-refractivity contribution in [3.8, 4) is 16.8 Å². The second-order valence-corrected chi connectivity index (χ2v) is 12.7. The minimum Gasteiger partial charge on any atom is -0.401 e. The van der Waals surface area contributed by atoms with E-state index in [1.165, 1.54) is 44.1 Å². The fraction of sp³-hybridized carbons (Fsp3) is 0.0444. The average Bonchev–Trinajstić information content (AvgIpc) is 3.67. The number of allylic oxidation sites excluding steroid dienone is 5. The standard InChI is InChI=1S/C45H34N4/c46-41(35-14-10-13-34(29-35)33-23-21-32(22-24-33)31-11-2-1-3-12-31)27-28-47-49-44-20-9-6-17-39(44)40-30-36(25-26-45(40)49)48-42-18-7-4-15-37(42)38-16-5-8-19-43(38)48/h1-28,30,35H,29,46H2. The van der Waals surface area contributed by atoms with E-state index in [9.17, 15) is 0 Å². The Morgan fingerprint density at radius 3 is 1.88 bits per heavy atom. The molecular weight excluding hydrogens is 597 g/mol. The summed E-state index contributed by atoms with van der Waals surface area (Å²) in [6.07, 6.45) is 11.1. The van der Waals surface area contributed by atoms with Gasteiger partial charge in [0, 0.05) is 45.1 Å². The van der Waals surface area contributed by atoms with Crippen LogP contribution in [0.4, 0.5) is 0 Å². The van der Waals surface area contributed by atoms with Crippen molar-refractivity contribution in [2.75, 3.05) is 0 Å². The van der Waals surface area contributed by atoms with E-state index < -0.39 is 0 Å². The molecule has 0 aliphatic heterocycles. The molecule has 0 spiro atoms. The number of hydrogen-bond donors (Lipinski definition) is 1. The average molecular weight is 631 g/mol. The van der Waals surface area contributed by atoms with E-state index in [-0.39, 0.29) is 5.92 Å². The first-order chi connectivity index (χ1) is 24.2. The molecule has 0 radical (unpaired) electrons. The van der Waals surface area contributed by atoms with Crippen molar-refractivity contribution < 1.29 is 0 Å². The smallest absolute Gasteiger partial charge is 0.0733 e. The van der Waals surface area contributed by atoms with Gasteiger partial charge in [-0.1, -0.05) is 127 Å². The van der Waals surface area contributed by atoms with Crippen molar-refractivity contribution in [1.29, 1.82) is 0 Å². The Hall–Kier alpha value is -6.39. The molecule has 1 unspecified atom stereocenters. The summed E-state index contributed by atoms with van der Waals surface area (Å²) in [6.45, 7) is 0. The lowest BCUT2D eigenvalue weighted by molar-refractivity contribution is 0.769. The SMILES string of the molecule is NC(=CC=Nn1c2ccccc2c2cc(-n3c4ccccc4c4ccccc43)ccc21)C1C=CC=C(c2ccc(-c3ccccc3)cc2)C1. The first kappa shape index (κ1) is 28.8. The third-order valence-corrected chi connectivity index (χ3v) is 9.79. The molecule has 2 N–H and O–H groups in total. The maximum atomic E-state index is 6.70. The molecule has 1 atom stereocenters. The summed E-state index contributed by atoms with van der Waals surface area (Å²) in [5.74, 6) is 0.104. The highest BCUT2D eigenvalue weighted by Gasteiger charge is 2.17. The number of benzene rings is 6. The zero-order valence-corrected chi connectivity index (χ0v) is 26.9.